The molecule has 0 aliphatic carbocycles. The molecule has 0 radical (unpaired) electrons. The second kappa shape index (κ2) is 5.77. The summed E-state index contributed by atoms with van der Waals surface area (Å²) in [5, 5.41) is 6.95. The average molecular weight is 316 g/mol. The van der Waals surface area contributed by atoms with Crippen molar-refractivity contribution in [3.8, 4) is 11.3 Å². The summed E-state index contributed by atoms with van der Waals surface area (Å²) in [6.07, 6.45) is 0.789. The fourth-order valence-electron chi connectivity index (χ4n) is 2.92. The molecule has 2 aromatic rings. The third-order valence-electron chi connectivity index (χ3n) is 4.55. The maximum atomic E-state index is 13.0. The molecule has 1 aliphatic heterocycles. The van der Waals surface area contributed by atoms with Gasteiger partial charge in [0.15, 0.2) is 0 Å². The van der Waals surface area contributed by atoms with Gasteiger partial charge < -0.3 is 10.6 Å². The molecule has 1 amide bonds. The summed E-state index contributed by atoms with van der Waals surface area (Å²) in [4.78, 5) is 14.5. The molecule has 1 saturated heterocycles. The van der Waals surface area contributed by atoms with E-state index in [4.69, 9.17) is 5.73 Å². The number of H-pyrrole nitrogens is 1. The zero-order valence-corrected chi connectivity index (χ0v) is 13.3. The third kappa shape index (κ3) is 3.12. The number of rotatable bonds is 2. The summed E-state index contributed by atoms with van der Waals surface area (Å²) < 4.78 is 13.0. The molecule has 0 bridgehead atoms. The number of carbonyl (C=O) groups excluding carboxylic acids is 1. The van der Waals surface area contributed by atoms with Crippen LogP contribution in [-0.2, 0) is 0 Å². The van der Waals surface area contributed by atoms with Crippen LogP contribution in [0.3, 0.4) is 0 Å². The predicted octanol–water partition coefficient (Wildman–Crippen LogP) is 2.42. The molecule has 1 aromatic carbocycles. The van der Waals surface area contributed by atoms with E-state index in [-0.39, 0.29) is 23.2 Å². The Morgan fingerprint density at radius 1 is 1.39 bits per heavy atom. The minimum absolute atomic E-state index is 0.0779. The third-order valence-corrected chi connectivity index (χ3v) is 4.55. The van der Waals surface area contributed by atoms with Gasteiger partial charge in [-0.25, -0.2) is 4.39 Å². The molecule has 23 heavy (non-hydrogen) atoms. The number of nitrogens with zero attached hydrogens (tertiary/aromatic N) is 2. The molecule has 1 unspecified atom stereocenters. The van der Waals surface area contributed by atoms with Gasteiger partial charge in [0.05, 0.1) is 5.69 Å². The van der Waals surface area contributed by atoms with Crippen molar-refractivity contribution in [2.24, 2.45) is 11.1 Å². The van der Waals surface area contributed by atoms with Crippen LogP contribution in [0.5, 0.6) is 0 Å². The number of piperidine rings is 1. The summed E-state index contributed by atoms with van der Waals surface area (Å²) in [7, 11) is 0. The fraction of sp³-hybridized carbons (Fsp3) is 0.412. The Kier molecular flexibility index (Phi) is 3.93. The number of amides is 1. The lowest BCUT2D eigenvalue weighted by molar-refractivity contribution is 0.0527. The number of hydrogen-bond donors (Lipinski definition) is 2. The summed E-state index contributed by atoms with van der Waals surface area (Å²) >= 11 is 0. The lowest BCUT2D eigenvalue weighted by Crippen LogP contribution is -2.54. The van der Waals surface area contributed by atoms with Crippen molar-refractivity contribution >= 4 is 5.91 Å². The Balaban J connectivity index is 1.77. The Labute approximate surface area is 134 Å². The number of hydrogen-bond acceptors (Lipinski definition) is 3. The van der Waals surface area contributed by atoms with Crippen LogP contribution in [0.25, 0.3) is 11.3 Å². The second-order valence-corrected chi connectivity index (χ2v) is 6.78. The maximum absolute atomic E-state index is 13.0. The Bertz CT molecular complexity index is 708. The molecule has 6 heteroatoms. The SMILES string of the molecule is CC1(C)CN(C(=O)c2cc(-c3ccc(F)cc3)n[nH]2)CCC1N. The quantitative estimate of drug-likeness (QED) is 0.893. The summed E-state index contributed by atoms with van der Waals surface area (Å²) in [6, 6.07) is 7.84. The van der Waals surface area contributed by atoms with Crippen LogP contribution >= 0.6 is 0 Å². The standard InChI is InChI=1S/C17H21FN4O/c1-17(2)10-22(8-7-15(17)19)16(23)14-9-13(20-21-14)11-3-5-12(18)6-4-11/h3-6,9,15H,7-8,10,19H2,1-2H3,(H,20,21). The van der Waals surface area contributed by atoms with E-state index in [2.05, 4.69) is 24.0 Å². The van der Waals surface area contributed by atoms with Crippen LogP contribution in [0.15, 0.2) is 30.3 Å². The lowest BCUT2D eigenvalue weighted by Gasteiger charge is -2.42. The molecule has 0 spiro atoms. The molecular formula is C17H21FN4O. The van der Waals surface area contributed by atoms with E-state index in [1.807, 2.05) is 4.90 Å². The molecule has 3 N–H and O–H groups in total. The molecular weight excluding hydrogens is 295 g/mol. The minimum atomic E-state index is -0.299. The first-order valence-electron chi connectivity index (χ1n) is 7.73. The van der Waals surface area contributed by atoms with Gasteiger partial charge in [0.2, 0.25) is 0 Å². The molecule has 1 fully saturated rings. The largest absolute Gasteiger partial charge is 0.337 e. The van der Waals surface area contributed by atoms with Gasteiger partial charge in [-0.2, -0.15) is 5.10 Å². The molecule has 3 rings (SSSR count). The van der Waals surface area contributed by atoms with Crippen molar-refractivity contribution < 1.29 is 9.18 Å². The van der Waals surface area contributed by atoms with Crippen LogP contribution < -0.4 is 5.73 Å². The van der Waals surface area contributed by atoms with E-state index in [0.717, 1.165) is 12.0 Å². The van der Waals surface area contributed by atoms with Crippen LogP contribution in [-0.4, -0.2) is 40.1 Å². The molecule has 5 nitrogen and oxygen atoms in total. The van der Waals surface area contributed by atoms with Crippen LogP contribution in [0.1, 0.15) is 30.8 Å². The highest BCUT2D eigenvalue weighted by Crippen LogP contribution is 2.28. The zero-order valence-electron chi connectivity index (χ0n) is 13.3. The normalized spacial score (nSPS) is 20.5. The first kappa shape index (κ1) is 15.7. The van der Waals surface area contributed by atoms with Gasteiger partial charge in [-0.1, -0.05) is 13.8 Å². The van der Waals surface area contributed by atoms with Crippen LogP contribution in [0.2, 0.25) is 0 Å². The Morgan fingerprint density at radius 2 is 2.09 bits per heavy atom. The van der Waals surface area contributed by atoms with Crippen molar-refractivity contribution in [2.45, 2.75) is 26.3 Å². The number of benzene rings is 1. The number of carbonyl (C=O) groups is 1. The summed E-state index contributed by atoms with van der Waals surface area (Å²) in [5.74, 6) is -0.377. The molecule has 122 valence electrons. The van der Waals surface area contributed by atoms with E-state index >= 15 is 0 Å². The summed E-state index contributed by atoms with van der Waals surface area (Å²) in [6.45, 7) is 5.42. The first-order valence-corrected chi connectivity index (χ1v) is 7.73. The minimum Gasteiger partial charge on any atom is -0.337 e. The highest BCUT2D eigenvalue weighted by atomic mass is 19.1. The van der Waals surface area contributed by atoms with Crippen molar-refractivity contribution in [3.05, 3.63) is 41.8 Å². The predicted molar refractivity (Wildman–Crippen MR) is 86.3 cm³/mol. The smallest absolute Gasteiger partial charge is 0.271 e. The maximum Gasteiger partial charge on any atom is 0.271 e. The van der Waals surface area contributed by atoms with Gasteiger partial charge >= 0.3 is 0 Å². The molecule has 1 aromatic heterocycles. The van der Waals surface area contributed by atoms with E-state index < -0.39 is 0 Å². The average Bonchev–Trinajstić information content (AvgIpc) is 3.00. The highest BCUT2D eigenvalue weighted by molar-refractivity contribution is 5.93. The van der Waals surface area contributed by atoms with Gasteiger partial charge in [0, 0.05) is 24.7 Å². The lowest BCUT2D eigenvalue weighted by atomic mass is 9.79. The number of nitrogens with two attached hydrogens (primary N) is 1. The van der Waals surface area contributed by atoms with E-state index in [1.165, 1.54) is 12.1 Å². The fourth-order valence-corrected chi connectivity index (χ4v) is 2.92. The monoisotopic (exact) mass is 316 g/mol. The number of aromatic amines is 1. The summed E-state index contributed by atoms with van der Waals surface area (Å²) in [5.41, 5.74) is 7.85. The second-order valence-electron chi connectivity index (χ2n) is 6.78. The van der Waals surface area contributed by atoms with Gasteiger partial charge in [-0.3, -0.25) is 9.89 Å². The Hall–Kier alpha value is -2.21. The number of aromatic nitrogens is 2. The molecule has 1 aliphatic rings. The van der Waals surface area contributed by atoms with Crippen LogP contribution in [0, 0.1) is 11.2 Å². The van der Waals surface area contributed by atoms with Gasteiger partial charge in [-0.05, 0) is 42.2 Å². The van der Waals surface area contributed by atoms with Crippen molar-refractivity contribution in [1.82, 2.24) is 15.1 Å². The van der Waals surface area contributed by atoms with E-state index in [9.17, 15) is 9.18 Å². The molecule has 2 heterocycles. The molecule has 1 atom stereocenters. The van der Waals surface area contributed by atoms with Crippen molar-refractivity contribution in [2.75, 3.05) is 13.1 Å². The van der Waals surface area contributed by atoms with E-state index in [1.54, 1.807) is 18.2 Å². The van der Waals surface area contributed by atoms with Crippen molar-refractivity contribution in [1.29, 1.82) is 0 Å². The zero-order chi connectivity index (χ0) is 16.6. The van der Waals surface area contributed by atoms with Crippen molar-refractivity contribution in [3.63, 3.8) is 0 Å². The van der Waals surface area contributed by atoms with Crippen LogP contribution in [0.4, 0.5) is 4.39 Å². The Morgan fingerprint density at radius 3 is 2.74 bits per heavy atom. The van der Waals surface area contributed by atoms with E-state index in [0.29, 0.717) is 24.5 Å². The first-order chi connectivity index (χ1) is 10.9. The number of likely N-dealkylation sites (tertiary alicyclic amines) is 1. The number of nitrogens with one attached hydrogen (secondary N) is 1. The topological polar surface area (TPSA) is 75.0 Å². The number of halogens is 1. The highest BCUT2D eigenvalue weighted by Gasteiger charge is 2.36. The molecule has 0 saturated carbocycles. The van der Waals surface area contributed by atoms with Gasteiger partial charge in [0.1, 0.15) is 11.5 Å². The van der Waals surface area contributed by atoms with Gasteiger partial charge in [-0.15, -0.1) is 0 Å². The van der Waals surface area contributed by atoms with Gasteiger partial charge in [0.25, 0.3) is 5.91 Å².